The lowest BCUT2D eigenvalue weighted by atomic mass is 10.3. The predicted octanol–water partition coefficient (Wildman–Crippen LogP) is 1.19. The maximum atomic E-state index is 11.1. The number of carbonyl (C=O) groups is 1. The summed E-state index contributed by atoms with van der Waals surface area (Å²) in [4.78, 5) is 11.6. The highest BCUT2D eigenvalue weighted by atomic mass is 32.2. The average Bonchev–Trinajstić information content (AvgIpc) is 2.16. The van der Waals surface area contributed by atoms with E-state index in [1.54, 1.807) is 19.2 Å². The van der Waals surface area contributed by atoms with Gasteiger partial charge in [-0.1, -0.05) is 12.2 Å². The lowest BCUT2D eigenvalue weighted by Crippen LogP contribution is -2.19. The van der Waals surface area contributed by atoms with Crippen LogP contribution in [0.25, 0.3) is 0 Å². The standard InChI is InChI=1S/C8H10N2O2S2/c1-5(13)10-7(14-3)6(4-9)8(11)12-2/h1-3H3,(H,10,13)/b7-6-. The van der Waals surface area contributed by atoms with Crippen molar-refractivity contribution in [3.63, 3.8) is 0 Å². The molecule has 0 amide bonds. The SMILES string of the molecule is COC(=O)/C(C#N)=C(/NC(C)=S)SC. The van der Waals surface area contributed by atoms with Crippen molar-refractivity contribution in [2.75, 3.05) is 13.4 Å². The number of thiocarbonyl (C=S) groups is 1. The molecule has 4 nitrogen and oxygen atoms in total. The van der Waals surface area contributed by atoms with Gasteiger partial charge in [-0.3, -0.25) is 0 Å². The molecule has 0 aliphatic carbocycles. The summed E-state index contributed by atoms with van der Waals surface area (Å²) >= 11 is 6.04. The number of nitriles is 1. The molecular weight excluding hydrogens is 220 g/mol. The molecule has 0 aromatic carbocycles. The van der Waals surface area contributed by atoms with Gasteiger partial charge in [-0.25, -0.2) is 4.79 Å². The van der Waals surface area contributed by atoms with Gasteiger partial charge in [0.05, 0.1) is 17.1 Å². The number of rotatable bonds is 3. The maximum Gasteiger partial charge on any atom is 0.351 e. The van der Waals surface area contributed by atoms with Crippen LogP contribution >= 0.6 is 24.0 Å². The first kappa shape index (κ1) is 12.9. The molecule has 0 aromatic heterocycles. The van der Waals surface area contributed by atoms with Crippen LogP contribution in [0.1, 0.15) is 6.92 Å². The zero-order valence-corrected chi connectivity index (χ0v) is 9.71. The minimum atomic E-state index is -0.666. The number of nitrogens with one attached hydrogen (secondary N) is 1. The molecule has 0 fully saturated rings. The molecular formula is C8H10N2O2S2. The van der Waals surface area contributed by atoms with E-state index in [4.69, 9.17) is 17.5 Å². The highest BCUT2D eigenvalue weighted by Gasteiger charge is 2.15. The largest absolute Gasteiger partial charge is 0.465 e. The summed E-state index contributed by atoms with van der Waals surface area (Å²) in [5, 5.41) is 11.9. The third-order valence-corrected chi connectivity index (χ3v) is 2.04. The summed E-state index contributed by atoms with van der Waals surface area (Å²) < 4.78 is 4.45. The van der Waals surface area contributed by atoms with Crippen LogP contribution in [-0.4, -0.2) is 24.3 Å². The van der Waals surface area contributed by atoms with E-state index in [0.717, 1.165) is 0 Å². The Morgan fingerprint density at radius 1 is 1.64 bits per heavy atom. The smallest absolute Gasteiger partial charge is 0.351 e. The fourth-order valence-electron chi connectivity index (χ4n) is 0.667. The summed E-state index contributed by atoms with van der Waals surface area (Å²) in [5.41, 5.74) is -0.0656. The fraction of sp³-hybridized carbons (Fsp3) is 0.375. The van der Waals surface area contributed by atoms with Crippen molar-refractivity contribution in [3.8, 4) is 6.07 Å². The minimum absolute atomic E-state index is 0.0656. The van der Waals surface area contributed by atoms with Crippen molar-refractivity contribution in [2.45, 2.75) is 6.92 Å². The molecule has 0 heterocycles. The molecule has 0 bridgehead atoms. The van der Waals surface area contributed by atoms with Gasteiger partial charge in [0, 0.05) is 0 Å². The van der Waals surface area contributed by atoms with Crippen molar-refractivity contribution in [3.05, 3.63) is 10.6 Å². The second-order valence-corrected chi connectivity index (χ2v) is 3.62. The van der Waals surface area contributed by atoms with Gasteiger partial charge < -0.3 is 10.1 Å². The van der Waals surface area contributed by atoms with Crippen LogP contribution in [0.2, 0.25) is 0 Å². The third-order valence-electron chi connectivity index (χ3n) is 1.22. The highest BCUT2D eigenvalue weighted by Crippen LogP contribution is 2.14. The maximum absolute atomic E-state index is 11.1. The molecule has 1 N–H and O–H groups in total. The Morgan fingerprint density at radius 2 is 2.21 bits per heavy atom. The molecule has 0 atom stereocenters. The van der Waals surface area contributed by atoms with Crippen LogP contribution in [0.4, 0.5) is 0 Å². The number of hydrogen-bond donors (Lipinski definition) is 1. The number of carbonyl (C=O) groups excluding carboxylic acids is 1. The zero-order chi connectivity index (χ0) is 11.1. The topological polar surface area (TPSA) is 62.1 Å². The first-order chi connectivity index (χ1) is 6.56. The first-order valence-electron chi connectivity index (χ1n) is 3.61. The van der Waals surface area contributed by atoms with Crippen LogP contribution in [0.15, 0.2) is 10.6 Å². The van der Waals surface area contributed by atoms with Crippen molar-refractivity contribution in [1.82, 2.24) is 5.32 Å². The van der Waals surface area contributed by atoms with Crippen LogP contribution in [-0.2, 0) is 9.53 Å². The van der Waals surface area contributed by atoms with E-state index >= 15 is 0 Å². The van der Waals surface area contributed by atoms with E-state index in [9.17, 15) is 4.79 Å². The van der Waals surface area contributed by atoms with Gasteiger partial charge in [0.2, 0.25) is 0 Å². The molecule has 0 spiro atoms. The van der Waals surface area contributed by atoms with E-state index < -0.39 is 5.97 Å². The summed E-state index contributed by atoms with van der Waals surface area (Å²) in [6.45, 7) is 1.66. The number of ether oxygens (including phenoxy) is 1. The highest BCUT2D eigenvalue weighted by molar-refractivity contribution is 8.02. The van der Waals surface area contributed by atoms with Crippen LogP contribution in [0.3, 0.4) is 0 Å². The van der Waals surface area contributed by atoms with Gasteiger partial charge in [0.1, 0.15) is 6.07 Å². The molecule has 0 aliphatic rings. The van der Waals surface area contributed by atoms with Crippen molar-refractivity contribution in [2.24, 2.45) is 0 Å². The number of hydrogen-bond acceptors (Lipinski definition) is 5. The van der Waals surface area contributed by atoms with Crippen molar-refractivity contribution in [1.29, 1.82) is 5.26 Å². The Balaban J connectivity index is 5.03. The van der Waals surface area contributed by atoms with Gasteiger partial charge in [-0.15, -0.1) is 11.8 Å². The lowest BCUT2D eigenvalue weighted by Gasteiger charge is -2.07. The Morgan fingerprint density at radius 3 is 2.50 bits per heavy atom. The number of methoxy groups -OCH3 is 1. The summed E-state index contributed by atoms with van der Waals surface area (Å²) in [6.07, 6.45) is 1.74. The molecule has 0 radical (unpaired) electrons. The van der Waals surface area contributed by atoms with Crippen molar-refractivity contribution < 1.29 is 9.53 Å². The van der Waals surface area contributed by atoms with Gasteiger partial charge >= 0.3 is 5.97 Å². The fourth-order valence-corrected chi connectivity index (χ4v) is 1.42. The van der Waals surface area contributed by atoms with E-state index in [0.29, 0.717) is 10.0 Å². The molecule has 0 aromatic rings. The van der Waals surface area contributed by atoms with Gasteiger partial charge in [-0.2, -0.15) is 5.26 Å². The normalized spacial score (nSPS) is 11.0. The van der Waals surface area contributed by atoms with Gasteiger partial charge in [-0.05, 0) is 13.2 Å². The molecule has 14 heavy (non-hydrogen) atoms. The van der Waals surface area contributed by atoms with Crippen LogP contribution < -0.4 is 5.32 Å². The number of nitrogens with zero attached hydrogens (tertiary/aromatic N) is 1. The molecule has 76 valence electrons. The first-order valence-corrected chi connectivity index (χ1v) is 5.24. The van der Waals surface area contributed by atoms with Gasteiger partial charge in [0.15, 0.2) is 5.57 Å². The predicted molar refractivity (Wildman–Crippen MR) is 59.6 cm³/mol. The zero-order valence-electron chi connectivity index (χ0n) is 8.08. The molecule has 0 saturated carbocycles. The van der Waals surface area contributed by atoms with E-state index in [1.807, 2.05) is 0 Å². The second kappa shape index (κ2) is 6.40. The molecule has 0 saturated heterocycles. The Labute approximate surface area is 92.3 Å². The number of thioether (sulfide) groups is 1. The van der Waals surface area contributed by atoms with E-state index in [1.165, 1.54) is 18.9 Å². The monoisotopic (exact) mass is 230 g/mol. The Bertz CT molecular complexity index is 318. The number of esters is 1. The van der Waals surface area contributed by atoms with E-state index in [-0.39, 0.29) is 5.57 Å². The average molecular weight is 230 g/mol. The van der Waals surface area contributed by atoms with Crippen LogP contribution in [0, 0.1) is 11.3 Å². The van der Waals surface area contributed by atoms with Crippen LogP contribution in [0.5, 0.6) is 0 Å². The molecule has 0 rings (SSSR count). The quantitative estimate of drug-likeness (QED) is 0.340. The van der Waals surface area contributed by atoms with E-state index in [2.05, 4.69) is 10.1 Å². The van der Waals surface area contributed by atoms with Crippen molar-refractivity contribution >= 4 is 34.9 Å². The summed E-state index contributed by atoms with van der Waals surface area (Å²) in [6, 6.07) is 1.77. The Kier molecular flexibility index (Phi) is 5.92. The lowest BCUT2D eigenvalue weighted by molar-refractivity contribution is -0.135. The minimum Gasteiger partial charge on any atom is -0.465 e. The summed E-state index contributed by atoms with van der Waals surface area (Å²) in [7, 11) is 1.22. The Hall–Kier alpha value is -1.06. The molecule has 6 heteroatoms. The molecule has 0 aliphatic heterocycles. The van der Waals surface area contributed by atoms with Gasteiger partial charge in [0.25, 0.3) is 0 Å². The second-order valence-electron chi connectivity index (χ2n) is 2.19. The third kappa shape index (κ3) is 3.77. The molecule has 0 unspecified atom stereocenters. The summed E-state index contributed by atoms with van der Waals surface area (Å²) in [5.74, 6) is -0.666.